The summed E-state index contributed by atoms with van der Waals surface area (Å²) in [7, 11) is 0. The molecular formula is C20H43NO. The molecule has 0 saturated heterocycles. The highest BCUT2D eigenvalue weighted by atomic mass is 16.5. The second-order valence-electron chi connectivity index (χ2n) is 7.12. The molecule has 22 heavy (non-hydrogen) atoms. The van der Waals surface area contributed by atoms with E-state index in [0.717, 1.165) is 19.6 Å². The van der Waals surface area contributed by atoms with Gasteiger partial charge >= 0.3 is 0 Å². The number of ether oxygens (including phenoxy) is 1. The summed E-state index contributed by atoms with van der Waals surface area (Å²) in [5.74, 6) is 0. The average Bonchev–Trinajstić information content (AvgIpc) is 2.52. The molecule has 0 fully saturated rings. The van der Waals surface area contributed by atoms with Crippen LogP contribution in [0, 0.1) is 0 Å². The van der Waals surface area contributed by atoms with Gasteiger partial charge in [0.1, 0.15) is 0 Å². The predicted octanol–water partition coefficient (Wildman–Crippen LogP) is 6.22. The van der Waals surface area contributed by atoms with Crippen LogP contribution in [0.15, 0.2) is 0 Å². The summed E-state index contributed by atoms with van der Waals surface area (Å²) in [6, 6.07) is 0. The molecule has 0 atom stereocenters. The number of unbranched alkanes of at least 4 members (excludes halogenated alkanes) is 9. The fourth-order valence-electron chi connectivity index (χ4n) is 3.04. The Bertz CT molecular complexity index is 206. The van der Waals surface area contributed by atoms with Crippen molar-refractivity contribution in [1.82, 2.24) is 0 Å². The Labute approximate surface area is 140 Å². The fourth-order valence-corrected chi connectivity index (χ4v) is 3.04. The second kappa shape index (κ2) is 15.8. The smallest absolute Gasteiger partial charge is 0.0654 e. The first-order chi connectivity index (χ1) is 10.7. The second-order valence-corrected chi connectivity index (χ2v) is 7.12. The van der Waals surface area contributed by atoms with E-state index < -0.39 is 0 Å². The SMILES string of the molecule is CCCCCCC(C)(CCCCCC)OCCCCCCN. The van der Waals surface area contributed by atoms with Crippen LogP contribution in [0.25, 0.3) is 0 Å². The number of hydrogen-bond donors (Lipinski definition) is 1. The van der Waals surface area contributed by atoms with E-state index in [2.05, 4.69) is 20.8 Å². The minimum Gasteiger partial charge on any atom is -0.375 e. The quantitative estimate of drug-likeness (QED) is 0.323. The predicted molar refractivity (Wildman–Crippen MR) is 99.4 cm³/mol. The van der Waals surface area contributed by atoms with Crippen LogP contribution in [0.3, 0.4) is 0 Å². The normalized spacial score (nSPS) is 12.0. The zero-order valence-electron chi connectivity index (χ0n) is 15.8. The Balaban J connectivity index is 3.96. The lowest BCUT2D eigenvalue weighted by atomic mass is 9.91. The summed E-state index contributed by atoms with van der Waals surface area (Å²) in [4.78, 5) is 0. The van der Waals surface area contributed by atoms with E-state index in [1.807, 2.05) is 0 Å². The van der Waals surface area contributed by atoms with Gasteiger partial charge in [0.05, 0.1) is 5.60 Å². The van der Waals surface area contributed by atoms with Crippen LogP contribution in [0.1, 0.15) is 111 Å². The van der Waals surface area contributed by atoms with Gasteiger partial charge < -0.3 is 10.5 Å². The Morgan fingerprint density at radius 1 is 0.682 bits per heavy atom. The zero-order chi connectivity index (χ0) is 16.5. The minimum atomic E-state index is 0.120. The molecule has 2 heteroatoms. The minimum absolute atomic E-state index is 0.120. The number of hydrogen-bond acceptors (Lipinski definition) is 2. The van der Waals surface area contributed by atoms with Crippen LogP contribution in [0.5, 0.6) is 0 Å². The van der Waals surface area contributed by atoms with Gasteiger partial charge in [-0.2, -0.15) is 0 Å². The van der Waals surface area contributed by atoms with Crippen molar-refractivity contribution in [2.45, 2.75) is 116 Å². The van der Waals surface area contributed by atoms with Crippen LogP contribution in [-0.4, -0.2) is 18.8 Å². The van der Waals surface area contributed by atoms with Crippen LogP contribution in [0.2, 0.25) is 0 Å². The maximum Gasteiger partial charge on any atom is 0.0654 e. The molecule has 0 aromatic rings. The van der Waals surface area contributed by atoms with E-state index in [0.29, 0.717) is 0 Å². The van der Waals surface area contributed by atoms with Gasteiger partial charge in [0.15, 0.2) is 0 Å². The van der Waals surface area contributed by atoms with Crippen LogP contribution in [-0.2, 0) is 4.74 Å². The van der Waals surface area contributed by atoms with E-state index in [1.165, 1.54) is 83.5 Å². The van der Waals surface area contributed by atoms with E-state index in [1.54, 1.807) is 0 Å². The third kappa shape index (κ3) is 13.6. The molecule has 0 aromatic carbocycles. The van der Waals surface area contributed by atoms with Gasteiger partial charge in [-0.05, 0) is 39.2 Å². The van der Waals surface area contributed by atoms with Crippen molar-refractivity contribution < 1.29 is 4.74 Å². The van der Waals surface area contributed by atoms with Gasteiger partial charge in [-0.3, -0.25) is 0 Å². The molecule has 0 unspecified atom stereocenters. The Morgan fingerprint density at radius 3 is 1.68 bits per heavy atom. The molecule has 0 spiro atoms. The van der Waals surface area contributed by atoms with Crippen LogP contribution >= 0.6 is 0 Å². The van der Waals surface area contributed by atoms with Crippen molar-refractivity contribution in [3.63, 3.8) is 0 Å². The van der Waals surface area contributed by atoms with Gasteiger partial charge in [0, 0.05) is 6.61 Å². The Hall–Kier alpha value is -0.0800. The van der Waals surface area contributed by atoms with Gasteiger partial charge in [0.2, 0.25) is 0 Å². The highest BCUT2D eigenvalue weighted by Crippen LogP contribution is 2.27. The van der Waals surface area contributed by atoms with Crippen molar-refractivity contribution >= 4 is 0 Å². The molecule has 0 radical (unpaired) electrons. The molecule has 0 aromatic heterocycles. The van der Waals surface area contributed by atoms with E-state index in [9.17, 15) is 0 Å². The topological polar surface area (TPSA) is 35.2 Å². The molecule has 0 aliphatic heterocycles. The molecule has 0 amide bonds. The molecule has 0 bridgehead atoms. The van der Waals surface area contributed by atoms with Gasteiger partial charge in [0.25, 0.3) is 0 Å². The first kappa shape index (κ1) is 21.9. The van der Waals surface area contributed by atoms with E-state index in [-0.39, 0.29) is 5.60 Å². The third-order valence-electron chi connectivity index (χ3n) is 4.67. The number of rotatable bonds is 17. The largest absolute Gasteiger partial charge is 0.375 e. The molecule has 2 N–H and O–H groups in total. The highest BCUT2D eigenvalue weighted by Gasteiger charge is 2.23. The van der Waals surface area contributed by atoms with Gasteiger partial charge in [-0.1, -0.05) is 78.1 Å². The van der Waals surface area contributed by atoms with E-state index in [4.69, 9.17) is 10.5 Å². The molecule has 2 nitrogen and oxygen atoms in total. The molecule has 0 rings (SSSR count). The van der Waals surface area contributed by atoms with Crippen molar-refractivity contribution in [3.8, 4) is 0 Å². The summed E-state index contributed by atoms with van der Waals surface area (Å²) in [6.45, 7) is 8.67. The van der Waals surface area contributed by atoms with Crippen molar-refractivity contribution in [2.24, 2.45) is 5.73 Å². The van der Waals surface area contributed by atoms with Crippen LogP contribution in [0.4, 0.5) is 0 Å². The summed E-state index contributed by atoms with van der Waals surface area (Å²) >= 11 is 0. The van der Waals surface area contributed by atoms with Crippen molar-refractivity contribution in [1.29, 1.82) is 0 Å². The first-order valence-corrected chi connectivity index (χ1v) is 10.0. The Kier molecular flexibility index (Phi) is 15.7. The van der Waals surface area contributed by atoms with Crippen molar-refractivity contribution in [3.05, 3.63) is 0 Å². The standard InChI is InChI=1S/C20H43NO/c1-4-6-8-12-16-20(3,17-13-9-7-5-2)22-19-15-11-10-14-18-21/h4-19,21H2,1-3H3. The Morgan fingerprint density at radius 2 is 1.18 bits per heavy atom. The summed E-state index contributed by atoms with van der Waals surface area (Å²) < 4.78 is 6.34. The summed E-state index contributed by atoms with van der Waals surface area (Å²) in [5, 5.41) is 0. The summed E-state index contributed by atoms with van der Waals surface area (Å²) in [5.41, 5.74) is 5.66. The molecular weight excluding hydrogens is 270 g/mol. The lowest BCUT2D eigenvalue weighted by Crippen LogP contribution is -2.29. The lowest BCUT2D eigenvalue weighted by molar-refractivity contribution is -0.0482. The maximum atomic E-state index is 6.34. The number of nitrogens with two attached hydrogens (primary N) is 1. The van der Waals surface area contributed by atoms with Crippen molar-refractivity contribution in [2.75, 3.05) is 13.2 Å². The fraction of sp³-hybridized carbons (Fsp3) is 1.00. The first-order valence-electron chi connectivity index (χ1n) is 10.0. The lowest BCUT2D eigenvalue weighted by Gasteiger charge is -2.30. The van der Waals surface area contributed by atoms with Gasteiger partial charge in [-0.25, -0.2) is 0 Å². The molecule has 134 valence electrons. The maximum absolute atomic E-state index is 6.34. The van der Waals surface area contributed by atoms with Crippen LogP contribution < -0.4 is 5.73 Å². The zero-order valence-corrected chi connectivity index (χ0v) is 15.8. The highest BCUT2D eigenvalue weighted by molar-refractivity contribution is 4.75. The summed E-state index contributed by atoms with van der Waals surface area (Å²) in [6.07, 6.45) is 18.1. The average molecular weight is 314 g/mol. The van der Waals surface area contributed by atoms with Gasteiger partial charge in [-0.15, -0.1) is 0 Å². The molecule has 0 aliphatic carbocycles. The van der Waals surface area contributed by atoms with E-state index >= 15 is 0 Å². The third-order valence-corrected chi connectivity index (χ3v) is 4.67. The molecule has 0 saturated carbocycles. The molecule has 0 aliphatic rings. The molecule has 0 heterocycles. The monoisotopic (exact) mass is 313 g/mol.